The molecule has 0 spiro atoms. The minimum atomic E-state index is -0.386. The molecule has 4 heteroatoms. The molecule has 4 nitrogen and oxygen atoms in total. The molecular weight excluding hydrogens is 238 g/mol. The lowest BCUT2D eigenvalue weighted by Gasteiger charge is -2.26. The first-order valence-electron chi connectivity index (χ1n) is 7.30. The van der Waals surface area contributed by atoms with Crippen molar-refractivity contribution in [2.24, 2.45) is 0 Å². The second-order valence-corrected chi connectivity index (χ2v) is 5.85. The van der Waals surface area contributed by atoms with Gasteiger partial charge in [0.1, 0.15) is 5.54 Å². The second kappa shape index (κ2) is 10.2. The number of ether oxygens (including phenoxy) is 1. The van der Waals surface area contributed by atoms with E-state index in [1.807, 2.05) is 6.92 Å². The third-order valence-electron chi connectivity index (χ3n) is 3.21. The molecule has 1 unspecified atom stereocenters. The Morgan fingerprint density at radius 3 is 2.42 bits per heavy atom. The first-order valence-corrected chi connectivity index (χ1v) is 7.30. The standard InChI is InChI=1S/C15H31N3O/c1-14(2)17-15(3,13-16)9-6-7-10-18(4)11-8-12-19-5/h14,17H,6-12H2,1-5H3. The predicted molar refractivity (Wildman–Crippen MR) is 80.1 cm³/mol. The summed E-state index contributed by atoms with van der Waals surface area (Å²) < 4.78 is 5.04. The van der Waals surface area contributed by atoms with Crippen molar-refractivity contribution in [1.29, 1.82) is 5.26 Å². The molecule has 0 aliphatic rings. The molecule has 0 bridgehead atoms. The van der Waals surface area contributed by atoms with Gasteiger partial charge < -0.3 is 9.64 Å². The molecule has 0 saturated heterocycles. The Balaban J connectivity index is 3.74. The van der Waals surface area contributed by atoms with Gasteiger partial charge in [-0.15, -0.1) is 0 Å². The van der Waals surface area contributed by atoms with Gasteiger partial charge in [0.25, 0.3) is 0 Å². The van der Waals surface area contributed by atoms with Crippen LogP contribution in [0.15, 0.2) is 0 Å². The Hall–Kier alpha value is -0.630. The highest BCUT2D eigenvalue weighted by Crippen LogP contribution is 2.14. The van der Waals surface area contributed by atoms with Crippen LogP contribution in [-0.2, 0) is 4.74 Å². The number of unbranched alkanes of at least 4 members (excludes halogenated alkanes) is 1. The van der Waals surface area contributed by atoms with Gasteiger partial charge in [-0.25, -0.2) is 0 Å². The van der Waals surface area contributed by atoms with Crippen LogP contribution in [0.2, 0.25) is 0 Å². The van der Waals surface area contributed by atoms with Gasteiger partial charge in [0, 0.05) is 26.3 Å². The summed E-state index contributed by atoms with van der Waals surface area (Å²) in [4.78, 5) is 2.33. The maximum Gasteiger partial charge on any atom is 0.104 e. The monoisotopic (exact) mass is 269 g/mol. The van der Waals surface area contributed by atoms with Gasteiger partial charge in [-0.3, -0.25) is 5.32 Å². The van der Waals surface area contributed by atoms with Gasteiger partial charge in [0.05, 0.1) is 6.07 Å². The van der Waals surface area contributed by atoms with E-state index in [4.69, 9.17) is 4.74 Å². The van der Waals surface area contributed by atoms with Crippen molar-refractivity contribution in [2.75, 3.05) is 33.9 Å². The van der Waals surface area contributed by atoms with E-state index in [1.54, 1.807) is 7.11 Å². The van der Waals surface area contributed by atoms with Crippen LogP contribution in [0.4, 0.5) is 0 Å². The Labute approximate surface area is 119 Å². The lowest BCUT2D eigenvalue weighted by Crippen LogP contribution is -2.44. The molecule has 0 fully saturated rings. The number of hydrogen-bond acceptors (Lipinski definition) is 4. The van der Waals surface area contributed by atoms with Gasteiger partial charge in [0.2, 0.25) is 0 Å². The zero-order valence-corrected chi connectivity index (χ0v) is 13.3. The van der Waals surface area contributed by atoms with Crippen molar-refractivity contribution in [3.05, 3.63) is 0 Å². The van der Waals surface area contributed by atoms with Crippen LogP contribution >= 0.6 is 0 Å². The summed E-state index contributed by atoms with van der Waals surface area (Å²) in [6.07, 6.45) is 4.21. The molecular formula is C15H31N3O. The van der Waals surface area contributed by atoms with E-state index in [9.17, 15) is 5.26 Å². The van der Waals surface area contributed by atoms with Crippen molar-refractivity contribution < 1.29 is 4.74 Å². The summed E-state index contributed by atoms with van der Waals surface area (Å²) in [6, 6.07) is 2.75. The van der Waals surface area contributed by atoms with Crippen LogP contribution in [0.25, 0.3) is 0 Å². The predicted octanol–water partition coefficient (Wildman–Crippen LogP) is 2.41. The summed E-state index contributed by atoms with van der Waals surface area (Å²) in [5.74, 6) is 0. The van der Waals surface area contributed by atoms with Crippen LogP contribution in [0.3, 0.4) is 0 Å². The molecule has 0 saturated carbocycles. The number of rotatable bonds is 11. The quantitative estimate of drug-likeness (QED) is 0.585. The van der Waals surface area contributed by atoms with Crippen LogP contribution in [0.5, 0.6) is 0 Å². The van der Waals surface area contributed by atoms with E-state index in [2.05, 4.69) is 37.2 Å². The number of nitriles is 1. The van der Waals surface area contributed by atoms with Crippen LogP contribution in [-0.4, -0.2) is 50.3 Å². The SMILES string of the molecule is COCCCN(C)CCCCC(C)(C#N)NC(C)C. The summed E-state index contributed by atoms with van der Waals surface area (Å²) in [5, 5.41) is 12.6. The third-order valence-corrected chi connectivity index (χ3v) is 3.21. The van der Waals surface area contributed by atoms with E-state index >= 15 is 0 Å². The van der Waals surface area contributed by atoms with E-state index < -0.39 is 0 Å². The molecule has 0 aliphatic heterocycles. The van der Waals surface area contributed by atoms with Gasteiger partial charge in [-0.1, -0.05) is 0 Å². The van der Waals surface area contributed by atoms with Gasteiger partial charge in [-0.2, -0.15) is 5.26 Å². The Kier molecular flexibility index (Phi) is 9.85. The fourth-order valence-electron chi connectivity index (χ4n) is 2.25. The summed E-state index contributed by atoms with van der Waals surface area (Å²) >= 11 is 0. The van der Waals surface area contributed by atoms with Crippen molar-refractivity contribution in [1.82, 2.24) is 10.2 Å². The van der Waals surface area contributed by atoms with Gasteiger partial charge in [0.15, 0.2) is 0 Å². The molecule has 1 N–H and O–H groups in total. The molecule has 0 aromatic rings. The molecule has 0 radical (unpaired) electrons. The highest BCUT2D eigenvalue weighted by atomic mass is 16.5. The van der Waals surface area contributed by atoms with E-state index in [0.29, 0.717) is 6.04 Å². The van der Waals surface area contributed by atoms with Crippen molar-refractivity contribution in [3.63, 3.8) is 0 Å². The van der Waals surface area contributed by atoms with Gasteiger partial charge >= 0.3 is 0 Å². The summed E-state index contributed by atoms with van der Waals surface area (Å²) in [7, 11) is 3.88. The molecule has 112 valence electrons. The fraction of sp³-hybridized carbons (Fsp3) is 0.933. The molecule has 0 heterocycles. The minimum absolute atomic E-state index is 0.348. The minimum Gasteiger partial charge on any atom is -0.385 e. The molecule has 0 rings (SSSR count). The Bertz CT molecular complexity index is 263. The van der Waals surface area contributed by atoms with Crippen molar-refractivity contribution in [3.8, 4) is 6.07 Å². The molecule has 0 aromatic carbocycles. The van der Waals surface area contributed by atoms with E-state index in [1.165, 1.54) is 0 Å². The smallest absolute Gasteiger partial charge is 0.104 e. The molecule has 0 aromatic heterocycles. The number of hydrogen-bond donors (Lipinski definition) is 1. The largest absolute Gasteiger partial charge is 0.385 e. The second-order valence-electron chi connectivity index (χ2n) is 5.85. The van der Waals surface area contributed by atoms with E-state index in [0.717, 1.165) is 45.4 Å². The average Bonchev–Trinajstić information content (AvgIpc) is 2.34. The van der Waals surface area contributed by atoms with Crippen LogP contribution in [0.1, 0.15) is 46.5 Å². The lowest BCUT2D eigenvalue weighted by atomic mass is 9.95. The average molecular weight is 269 g/mol. The number of nitrogens with one attached hydrogen (secondary N) is 1. The first kappa shape index (κ1) is 18.4. The van der Waals surface area contributed by atoms with Crippen molar-refractivity contribution >= 4 is 0 Å². The molecule has 0 aliphatic carbocycles. The number of nitrogens with zero attached hydrogens (tertiary/aromatic N) is 2. The zero-order valence-electron chi connectivity index (χ0n) is 13.3. The third kappa shape index (κ3) is 9.89. The first-order chi connectivity index (χ1) is 8.93. The van der Waals surface area contributed by atoms with Crippen LogP contribution < -0.4 is 5.32 Å². The van der Waals surface area contributed by atoms with Gasteiger partial charge in [-0.05, 0) is 60.0 Å². The Morgan fingerprint density at radius 2 is 1.89 bits per heavy atom. The van der Waals surface area contributed by atoms with Crippen LogP contribution in [0, 0.1) is 11.3 Å². The highest BCUT2D eigenvalue weighted by molar-refractivity contribution is 5.04. The normalized spacial score (nSPS) is 14.6. The summed E-state index contributed by atoms with van der Waals surface area (Å²) in [5.41, 5.74) is -0.386. The van der Waals surface area contributed by atoms with Crippen molar-refractivity contribution in [2.45, 2.75) is 58.0 Å². The fourth-order valence-corrected chi connectivity index (χ4v) is 2.25. The number of methoxy groups -OCH3 is 1. The lowest BCUT2D eigenvalue weighted by molar-refractivity contribution is 0.178. The zero-order chi connectivity index (χ0) is 14.7. The molecule has 0 amide bonds. The molecule has 19 heavy (non-hydrogen) atoms. The molecule has 1 atom stereocenters. The highest BCUT2D eigenvalue weighted by Gasteiger charge is 2.23. The maximum atomic E-state index is 9.25. The maximum absolute atomic E-state index is 9.25. The van der Waals surface area contributed by atoms with E-state index in [-0.39, 0.29) is 5.54 Å². The topological polar surface area (TPSA) is 48.3 Å². The Morgan fingerprint density at radius 1 is 1.26 bits per heavy atom. The summed E-state index contributed by atoms with van der Waals surface area (Å²) in [6.45, 7) is 9.16.